The SMILES string of the molecule is O=C(NC1CCCCC1)[C@@H](Cc1ccccc1)N(Cc1ccc(Cl)c(Cl)c1)C(=O)CSCc1c(Cl)cccc1Cl. The van der Waals surface area contributed by atoms with Crippen LogP contribution in [0.25, 0.3) is 0 Å². The Hall–Kier alpha value is -1.89. The second-order valence-corrected chi connectivity index (χ2v) is 12.6. The number of thioether (sulfide) groups is 1. The average Bonchev–Trinajstić information content (AvgIpc) is 2.95. The predicted octanol–water partition coefficient (Wildman–Crippen LogP) is 8.62. The molecule has 9 heteroatoms. The number of hydrogen-bond acceptors (Lipinski definition) is 3. The second kappa shape index (κ2) is 15.4. The van der Waals surface area contributed by atoms with Crippen LogP contribution in [-0.2, 0) is 28.3 Å². The Bertz CT molecular complexity index is 1280. The van der Waals surface area contributed by atoms with Gasteiger partial charge in [0, 0.05) is 34.8 Å². The van der Waals surface area contributed by atoms with Crippen LogP contribution in [0, 0.1) is 0 Å². The van der Waals surface area contributed by atoms with Crippen LogP contribution in [-0.4, -0.2) is 34.6 Å². The third-order valence-electron chi connectivity index (χ3n) is 7.09. The van der Waals surface area contributed by atoms with Gasteiger partial charge in [0.05, 0.1) is 15.8 Å². The van der Waals surface area contributed by atoms with Crippen molar-refractivity contribution in [3.05, 3.63) is 104 Å². The van der Waals surface area contributed by atoms with Crippen molar-refractivity contribution in [2.75, 3.05) is 5.75 Å². The minimum Gasteiger partial charge on any atom is -0.352 e. The van der Waals surface area contributed by atoms with Crippen LogP contribution in [0.1, 0.15) is 48.8 Å². The first-order valence-electron chi connectivity index (χ1n) is 13.4. The Morgan fingerprint density at radius 2 is 1.52 bits per heavy atom. The van der Waals surface area contributed by atoms with E-state index < -0.39 is 6.04 Å². The van der Waals surface area contributed by atoms with Gasteiger partial charge in [0.15, 0.2) is 0 Å². The number of carbonyl (C=O) groups excluding carboxylic acids is 2. The zero-order valence-electron chi connectivity index (χ0n) is 22.1. The van der Waals surface area contributed by atoms with Crippen LogP contribution in [0.5, 0.6) is 0 Å². The van der Waals surface area contributed by atoms with Crippen molar-refractivity contribution in [1.29, 1.82) is 0 Å². The molecule has 0 saturated heterocycles. The van der Waals surface area contributed by atoms with E-state index in [4.69, 9.17) is 46.4 Å². The van der Waals surface area contributed by atoms with Crippen molar-refractivity contribution in [3.8, 4) is 0 Å². The fraction of sp³-hybridized carbons (Fsp3) is 0.355. The van der Waals surface area contributed by atoms with Gasteiger partial charge in [-0.05, 0) is 53.8 Å². The molecule has 212 valence electrons. The van der Waals surface area contributed by atoms with Crippen molar-refractivity contribution >= 4 is 70.0 Å². The summed E-state index contributed by atoms with van der Waals surface area (Å²) < 4.78 is 0. The molecule has 0 bridgehead atoms. The minimum atomic E-state index is -0.698. The standard InChI is InChI=1S/C31H32Cl4N2O2S/c32-25-12-7-13-26(33)24(25)19-40-20-30(38)37(18-22-14-15-27(34)28(35)16-22)29(17-21-8-3-1-4-9-21)31(39)36-23-10-5-2-6-11-23/h1,3-4,7-9,12-16,23,29H,2,5-6,10-11,17-20H2,(H,36,39)/t29-/m1/s1. The third-order valence-corrected chi connectivity index (χ3v) is 9.48. The summed E-state index contributed by atoms with van der Waals surface area (Å²) >= 11 is 26.6. The molecule has 0 spiro atoms. The van der Waals surface area contributed by atoms with Gasteiger partial charge < -0.3 is 10.2 Å². The van der Waals surface area contributed by atoms with Gasteiger partial charge in [-0.1, -0.05) is 108 Å². The summed E-state index contributed by atoms with van der Waals surface area (Å²) in [6.07, 6.45) is 5.70. The number of nitrogens with one attached hydrogen (secondary N) is 1. The maximum absolute atomic E-state index is 13.9. The maximum atomic E-state index is 13.9. The van der Waals surface area contributed by atoms with Crippen LogP contribution >= 0.6 is 58.2 Å². The molecule has 4 nitrogen and oxygen atoms in total. The van der Waals surface area contributed by atoms with E-state index in [2.05, 4.69) is 5.32 Å². The molecule has 1 atom stereocenters. The number of hydrogen-bond donors (Lipinski definition) is 1. The first-order chi connectivity index (χ1) is 19.3. The number of carbonyl (C=O) groups is 2. The lowest BCUT2D eigenvalue weighted by Crippen LogP contribution is -2.53. The Kier molecular flexibility index (Phi) is 11.9. The molecule has 0 aromatic heterocycles. The van der Waals surface area contributed by atoms with Crippen LogP contribution in [0.4, 0.5) is 0 Å². The van der Waals surface area contributed by atoms with E-state index in [1.165, 1.54) is 18.2 Å². The molecule has 1 N–H and O–H groups in total. The van der Waals surface area contributed by atoms with Gasteiger partial charge in [0.25, 0.3) is 0 Å². The Labute approximate surface area is 260 Å². The number of halogens is 4. The molecule has 1 saturated carbocycles. The molecule has 0 radical (unpaired) electrons. The van der Waals surface area contributed by atoms with Gasteiger partial charge in [-0.15, -0.1) is 11.8 Å². The van der Waals surface area contributed by atoms with Crippen LogP contribution in [0.2, 0.25) is 20.1 Å². The molecule has 3 aromatic carbocycles. The maximum Gasteiger partial charge on any atom is 0.243 e. The molecule has 0 unspecified atom stereocenters. The predicted molar refractivity (Wildman–Crippen MR) is 169 cm³/mol. The topological polar surface area (TPSA) is 49.4 Å². The van der Waals surface area contributed by atoms with Gasteiger partial charge in [-0.25, -0.2) is 0 Å². The zero-order chi connectivity index (χ0) is 28.5. The summed E-state index contributed by atoms with van der Waals surface area (Å²) in [5, 5.41) is 5.22. The van der Waals surface area contributed by atoms with E-state index in [-0.39, 0.29) is 30.2 Å². The molecule has 0 heterocycles. The van der Waals surface area contributed by atoms with Gasteiger partial charge >= 0.3 is 0 Å². The van der Waals surface area contributed by atoms with E-state index >= 15 is 0 Å². The molecule has 2 amide bonds. The first-order valence-corrected chi connectivity index (χ1v) is 16.1. The van der Waals surface area contributed by atoms with Crippen molar-refractivity contribution in [3.63, 3.8) is 0 Å². The molecule has 1 aliphatic carbocycles. The van der Waals surface area contributed by atoms with Crippen LogP contribution in [0.15, 0.2) is 66.7 Å². The van der Waals surface area contributed by atoms with Gasteiger partial charge in [0.2, 0.25) is 11.8 Å². The zero-order valence-corrected chi connectivity index (χ0v) is 25.9. The fourth-order valence-electron chi connectivity index (χ4n) is 4.93. The summed E-state index contributed by atoms with van der Waals surface area (Å²) in [6.45, 7) is 0.221. The molecule has 3 aromatic rings. The Morgan fingerprint density at radius 3 is 2.20 bits per heavy atom. The molecule has 0 aliphatic heterocycles. The Balaban J connectivity index is 1.60. The second-order valence-electron chi connectivity index (χ2n) is 10.0. The van der Waals surface area contributed by atoms with Gasteiger partial charge in [0.1, 0.15) is 6.04 Å². The van der Waals surface area contributed by atoms with E-state index in [0.717, 1.165) is 42.4 Å². The van der Waals surface area contributed by atoms with Crippen molar-refractivity contribution in [2.24, 2.45) is 0 Å². The third kappa shape index (κ3) is 8.80. The number of nitrogens with zero attached hydrogens (tertiary/aromatic N) is 1. The van der Waals surface area contributed by atoms with Gasteiger partial charge in [-0.3, -0.25) is 9.59 Å². The van der Waals surface area contributed by atoms with Crippen molar-refractivity contribution < 1.29 is 9.59 Å². The van der Waals surface area contributed by atoms with Crippen molar-refractivity contribution in [2.45, 2.75) is 62.9 Å². The lowest BCUT2D eigenvalue weighted by Gasteiger charge is -2.33. The summed E-state index contributed by atoms with van der Waals surface area (Å²) in [5.41, 5.74) is 2.56. The molecular formula is C31H32Cl4N2O2S. The summed E-state index contributed by atoms with van der Waals surface area (Å²) in [7, 11) is 0. The van der Waals surface area contributed by atoms with E-state index in [9.17, 15) is 9.59 Å². The van der Waals surface area contributed by atoms with E-state index in [1.54, 1.807) is 35.2 Å². The summed E-state index contributed by atoms with van der Waals surface area (Å²) in [6, 6.07) is 19.9. The molecular weight excluding hydrogens is 606 g/mol. The van der Waals surface area contributed by atoms with Gasteiger partial charge in [-0.2, -0.15) is 0 Å². The molecule has 40 heavy (non-hydrogen) atoms. The largest absolute Gasteiger partial charge is 0.352 e. The summed E-state index contributed by atoms with van der Waals surface area (Å²) in [5.74, 6) is 0.343. The monoisotopic (exact) mass is 636 g/mol. The van der Waals surface area contributed by atoms with Crippen LogP contribution in [0.3, 0.4) is 0 Å². The highest BCUT2D eigenvalue weighted by Crippen LogP contribution is 2.29. The average molecular weight is 638 g/mol. The Morgan fingerprint density at radius 1 is 0.825 bits per heavy atom. The normalized spacial score (nSPS) is 14.5. The highest BCUT2D eigenvalue weighted by Gasteiger charge is 2.32. The van der Waals surface area contributed by atoms with E-state index in [0.29, 0.717) is 32.3 Å². The number of benzene rings is 3. The lowest BCUT2D eigenvalue weighted by molar-refractivity contribution is -0.139. The van der Waals surface area contributed by atoms with Crippen molar-refractivity contribution in [1.82, 2.24) is 10.2 Å². The summed E-state index contributed by atoms with van der Waals surface area (Å²) in [4.78, 5) is 29.4. The fourth-order valence-corrected chi connectivity index (χ4v) is 6.89. The molecule has 1 fully saturated rings. The quantitative estimate of drug-likeness (QED) is 0.229. The number of rotatable bonds is 11. The lowest BCUT2D eigenvalue weighted by atomic mass is 9.94. The van der Waals surface area contributed by atoms with E-state index in [1.807, 2.05) is 36.4 Å². The highest BCUT2D eigenvalue weighted by molar-refractivity contribution is 7.99. The number of amides is 2. The molecule has 4 rings (SSSR count). The van der Waals surface area contributed by atoms with Crippen LogP contribution < -0.4 is 5.32 Å². The highest BCUT2D eigenvalue weighted by atomic mass is 35.5. The first kappa shape index (κ1) is 31.1. The smallest absolute Gasteiger partial charge is 0.243 e. The minimum absolute atomic E-state index is 0.123. The molecule has 1 aliphatic rings.